The molecule has 27 heavy (non-hydrogen) atoms. The minimum absolute atomic E-state index is 0.0527. The van der Waals surface area contributed by atoms with Crippen molar-refractivity contribution in [3.05, 3.63) is 71.5 Å². The smallest absolute Gasteiger partial charge is 0.254 e. The number of hydrogen-bond donors (Lipinski definition) is 0. The SMILES string of the molecule is Cc1cc(C(=O)N2CCN(C)CC2c2ccccc2)ccc1-n1cnnn1. The molecule has 4 rings (SSSR count). The molecule has 7 nitrogen and oxygen atoms in total. The van der Waals surface area contributed by atoms with Gasteiger partial charge in [0.1, 0.15) is 6.33 Å². The van der Waals surface area contributed by atoms with Gasteiger partial charge in [-0.05, 0) is 53.7 Å². The lowest BCUT2D eigenvalue weighted by atomic mass is 10.0. The van der Waals surface area contributed by atoms with Gasteiger partial charge in [-0.15, -0.1) is 5.10 Å². The van der Waals surface area contributed by atoms with Crippen LogP contribution in [0.15, 0.2) is 54.9 Å². The highest BCUT2D eigenvalue weighted by atomic mass is 16.2. The number of nitrogens with zero attached hydrogens (tertiary/aromatic N) is 6. The van der Waals surface area contributed by atoms with Gasteiger partial charge >= 0.3 is 0 Å². The van der Waals surface area contributed by atoms with Gasteiger partial charge in [-0.2, -0.15) is 0 Å². The van der Waals surface area contributed by atoms with Crippen LogP contribution < -0.4 is 0 Å². The van der Waals surface area contributed by atoms with Crippen molar-refractivity contribution in [1.82, 2.24) is 30.0 Å². The number of likely N-dealkylation sites (N-methyl/N-ethyl adjacent to an activating group) is 1. The first-order chi connectivity index (χ1) is 13.1. The Labute approximate surface area is 158 Å². The molecule has 138 valence electrons. The number of rotatable bonds is 3. The first kappa shape index (κ1) is 17.4. The Morgan fingerprint density at radius 2 is 1.93 bits per heavy atom. The predicted molar refractivity (Wildman–Crippen MR) is 102 cm³/mol. The number of piperazine rings is 1. The van der Waals surface area contributed by atoms with E-state index in [0.29, 0.717) is 12.1 Å². The van der Waals surface area contributed by atoms with E-state index in [1.54, 1.807) is 11.0 Å². The lowest BCUT2D eigenvalue weighted by molar-refractivity contribution is 0.0498. The summed E-state index contributed by atoms with van der Waals surface area (Å²) in [7, 11) is 2.10. The standard InChI is InChI=1S/C20H22N6O/c1-15-12-17(8-9-18(15)26-14-21-22-23-26)20(27)25-11-10-24(2)13-19(25)16-6-4-3-5-7-16/h3-9,12,14,19H,10-11,13H2,1-2H3. The number of amides is 1. The summed E-state index contributed by atoms with van der Waals surface area (Å²) in [5.74, 6) is 0.0586. The summed E-state index contributed by atoms with van der Waals surface area (Å²) in [6, 6.07) is 16.0. The molecule has 3 aromatic rings. The number of aryl methyl sites for hydroxylation is 1. The molecule has 1 amide bonds. The summed E-state index contributed by atoms with van der Waals surface area (Å²) in [4.78, 5) is 17.6. The van der Waals surface area contributed by atoms with Crippen LogP contribution in [0.1, 0.15) is 27.5 Å². The monoisotopic (exact) mass is 362 g/mol. The third-order valence-corrected chi connectivity index (χ3v) is 5.07. The maximum atomic E-state index is 13.3. The van der Waals surface area contributed by atoms with E-state index in [2.05, 4.69) is 39.6 Å². The molecule has 1 saturated heterocycles. The minimum atomic E-state index is 0.0527. The van der Waals surface area contributed by atoms with E-state index in [4.69, 9.17) is 0 Å². The number of carbonyl (C=O) groups is 1. The summed E-state index contributed by atoms with van der Waals surface area (Å²) in [6.45, 7) is 4.38. The van der Waals surface area contributed by atoms with Gasteiger partial charge in [0.05, 0.1) is 11.7 Å². The van der Waals surface area contributed by atoms with Crippen molar-refractivity contribution in [2.75, 3.05) is 26.7 Å². The fourth-order valence-electron chi connectivity index (χ4n) is 3.61. The van der Waals surface area contributed by atoms with E-state index in [-0.39, 0.29) is 11.9 Å². The molecule has 1 aliphatic rings. The van der Waals surface area contributed by atoms with Crippen LogP contribution >= 0.6 is 0 Å². The van der Waals surface area contributed by atoms with Gasteiger partial charge in [-0.1, -0.05) is 30.3 Å². The van der Waals surface area contributed by atoms with Crippen LogP contribution in [0.3, 0.4) is 0 Å². The Balaban J connectivity index is 1.63. The summed E-state index contributed by atoms with van der Waals surface area (Å²) < 4.78 is 1.60. The van der Waals surface area contributed by atoms with Crippen molar-refractivity contribution in [2.24, 2.45) is 0 Å². The first-order valence-corrected chi connectivity index (χ1v) is 9.02. The molecule has 2 aromatic carbocycles. The molecule has 1 aromatic heterocycles. The Bertz CT molecular complexity index is 925. The van der Waals surface area contributed by atoms with Gasteiger partial charge in [0.2, 0.25) is 0 Å². The average Bonchev–Trinajstić information content (AvgIpc) is 3.22. The average molecular weight is 362 g/mol. The summed E-state index contributed by atoms with van der Waals surface area (Å²) in [5.41, 5.74) is 3.68. The molecule has 0 radical (unpaired) electrons. The topological polar surface area (TPSA) is 67.2 Å². The summed E-state index contributed by atoms with van der Waals surface area (Å²) >= 11 is 0. The van der Waals surface area contributed by atoms with E-state index in [1.807, 2.05) is 48.2 Å². The second kappa shape index (κ2) is 7.28. The third-order valence-electron chi connectivity index (χ3n) is 5.07. The second-order valence-electron chi connectivity index (χ2n) is 6.94. The molecule has 0 N–H and O–H groups in total. The number of tetrazole rings is 1. The van der Waals surface area contributed by atoms with Crippen molar-refractivity contribution < 1.29 is 4.79 Å². The first-order valence-electron chi connectivity index (χ1n) is 9.02. The molecule has 1 atom stereocenters. The molecule has 1 fully saturated rings. The van der Waals surface area contributed by atoms with Gasteiger partial charge < -0.3 is 9.80 Å². The number of hydrogen-bond acceptors (Lipinski definition) is 5. The Kier molecular flexibility index (Phi) is 4.68. The fourth-order valence-corrected chi connectivity index (χ4v) is 3.61. The maximum absolute atomic E-state index is 13.3. The fraction of sp³-hybridized carbons (Fsp3) is 0.300. The van der Waals surface area contributed by atoms with E-state index in [1.165, 1.54) is 5.56 Å². The second-order valence-corrected chi connectivity index (χ2v) is 6.94. The maximum Gasteiger partial charge on any atom is 0.254 e. The van der Waals surface area contributed by atoms with E-state index >= 15 is 0 Å². The normalized spacial score (nSPS) is 17.9. The molecule has 1 unspecified atom stereocenters. The van der Waals surface area contributed by atoms with Crippen LogP contribution in [-0.2, 0) is 0 Å². The quantitative estimate of drug-likeness (QED) is 0.714. The van der Waals surface area contributed by atoms with E-state index < -0.39 is 0 Å². The molecule has 0 spiro atoms. The van der Waals surface area contributed by atoms with E-state index in [9.17, 15) is 4.79 Å². The third kappa shape index (κ3) is 3.46. The van der Waals surface area contributed by atoms with Crippen LogP contribution in [0.25, 0.3) is 5.69 Å². The van der Waals surface area contributed by atoms with E-state index in [0.717, 1.165) is 24.3 Å². The minimum Gasteiger partial charge on any atom is -0.329 e. The van der Waals surface area contributed by atoms with Crippen LogP contribution in [0.4, 0.5) is 0 Å². The zero-order valence-electron chi connectivity index (χ0n) is 15.5. The molecular weight excluding hydrogens is 340 g/mol. The molecule has 2 heterocycles. The van der Waals surface area contributed by atoms with Crippen molar-refractivity contribution in [3.63, 3.8) is 0 Å². The van der Waals surface area contributed by atoms with Gasteiger partial charge in [-0.25, -0.2) is 4.68 Å². The van der Waals surface area contributed by atoms with Crippen molar-refractivity contribution >= 4 is 5.91 Å². The van der Waals surface area contributed by atoms with Crippen LogP contribution in [0.5, 0.6) is 0 Å². The Hall–Kier alpha value is -3.06. The highest BCUT2D eigenvalue weighted by Gasteiger charge is 2.30. The van der Waals surface area contributed by atoms with Crippen molar-refractivity contribution in [1.29, 1.82) is 0 Å². The molecule has 0 bridgehead atoms. The van der Waals surface area contributed by atoms with Gasteiger partial charge in [0.25, 0.3) is 5.91 Å². The lowest BCUT2D eigenvalue weighted by Crippen LogP contribution is -2.49. The van der Waals surface area contributed by atoms with Gasteiger partial charge in [0.15, 0.2) is 0 Å². The summed E-state index contributed by atoms with van der Waals surface area (Å²) in [6.07, 6.45) is 1.55. The number of benzene rings is 2. The molecule has 7 heteroatoms. The predicted octanol–water partition coefficient (Wildman–Crippen LogP) is 2.10. The molecule has 0 saturated carbocycles. The van der Waals surface area contributed by atoms with Crippen LogP contribution in [0.2, 0.25) is 0 Å². The Morgan fingerprint density at radius 3 is 2.63 bits per heavy atom. The lowest BCUT2D eigenvalue weighted by Gasteiger charge is -2.40. The van der Waals surface area contributed by atoms with Crippen LogP contribution in [-0.4, -0.2) is 62.6 Å². The van der Waals surface area contributed by atoms with Crippen molar-refractivity contribution in [3.8, 4) is 5.69 Å². The number of carbonyl (C=O) groups excluding carboxylic acids is 1. The highest BCUT2D eigenvalue weighted by molar-refractivity contribution is 5.95. The van der Waals surface area contributed by atoms with Gasteiger partial charge in [-0.3, -0.25) is 4.79 Å². The zero-order chi connectivity index (χ0) is 18.8. The highest BCUT2D eigenvalue weighted by Crippen LogP contribution is 2.27. The molecular formula is C20H22N6O. The Morgan fingerprint density at radius 1 is 1.11 bits per heavy atom. The number of aromatic nitrogens is 4. The largest absolute Gasteiger partial charge is 0.329 e. The molecule has 1 aliphatic heterocycles. The zero-order valence-corrected chi connectivity index (χ0v) is 15.5. The van der Waals surface area contributed by atoms with Crippen molar-refractivity contribution in [2.45, 2.75) is 13.0 Å². The molecule has 0 aliphatic carbocycles. The summed E-state index contributed by atoms with van der Waals surface area (Å²) in [5, 5.41) is 11.3. The van der Waals surface area contributed by atoms with Gasteiger partial charge in [0, 0.05) is 25.2 Å². The van der Waals surface area contributed by atoms with Crippen LogP contribution in [0, 0.1) is 6.92 Å².